The van der Waals surface area contributed by atoms with Gasteiger partial charge in [0.05, 0.1) is 0 Å². The number of carboxylic acid groups (broad SMARTS) is 1. The number of ether oxygens (including phenoxy) is 1. The quantitative estimate of drug-likeness (QED) is 0.760. The summed E-state index contributed by atoms with van der Waals surface area (Å²) in [6.45, 7) is 3.26. The van der Waals surface area contributed by atoms with Crippen molar-refractivity contribution >= 4 is 12.1 Å². The first kappa shape index (κ1) is 14.4. The van der Waals surface area contributed by atoms with Crippen molar-refractivity contribution in [2.75, 3.05) is 6.61 Å². The lowest BCUT2D eigenvalue weighted by Crippen LogP contribution is -2.57. The molecule has 0 heterocycles. The summed E-state index contributed by atoms with van der Waals surface area (Å²) < 4.78 is 30.6. The van der Waals surface area contributed by atoms with Crippen LogP contribution in [-0.4, -0.2) is 35.2 Å². The second kappa shape index (κ2) is 5.32. The van der Waals surface area contributed by atoms with Crippen LogP contribution in [0.4, 0.5) is 13.6 Å². The first-order valence-corrected chi connectivity index (χ1v) is 5.48. The number of halogens is 2. The topological polar surface area (TPSA) is 75.6 Å². The van der Waals surface area contributed by atoms with Crippen LogP contribution in [0, 0.1) is 0 Å². The van der Waals surface area contributed by atoms with Crippen LogP contribution in [-0.2, 0) is 9.53 Å². The average molecular weight is 263 g/mol. The molecule has 0 radical (unpaired) electrons. The van der Waals surface area contributed by atoms with E-state index in [2.05, 4.69) is 16.6 Å². The van der Waals surface area contributed by atoms with Crippen molar-refractivity contribution in [1.82, 2.24) is 5.32 Å². The van der Waals surface area contributed by atoms with Gasteiger partial charge < -0.3 is 15.2 Å². The zero-order valence-electron chi connectivity index (χ0n) is 9.75. The summed E-state index contributed by atoms with van der Waals surface area (Å²) in [6.07, 6.45) is -1.40. The highest BCUT2D eigenvalue weighted by Crippen LogP contribution is 2.38. The normalized spacial score (nSPS) is 20.8. The Bertz CT molecular complexity index is 347. The van der Waals surface area contributed by atoms with Gasteiger partial charge in [-0.3, -0.25) is 0 Å². The fourth-order valence-electron chi connectivity index (χ4n) is 1.80. The lowest BCUT2D eigenvalue weighted by atomic mass is 9.80. The van der Waals surface area contributed by atoms with Crippen LogP contribution < -0.4 is 5.32 Å². The number of amides is 1. The number of hydrogen-bond acceptors (Lipinski definition) is 3. The van der Waals surface area contributed by atoms with E-state index in [0.29, 0.717) is 0 Å². The molecule has 0 aromatic heterocycles. The van der Waals surface area contributed by atoms with Gasteiger partial charge in [0.25, 0.3) is 0 Å². The number of carboxylic acids is 1. The summed E-state index contributed by atoms with van der Waals surface area (Å²) in [5.74, 6) is -4.19. The minimum Gasteiger partial charge on any atom is -0.480 e. The highest BCUT2D eigenvalue weighted by molar-refractivity contribution is 5.84. The fourth-order valence-corrected chi connectivity index (χ4v) is 1.80. The number of carbonyl (C=O) groups excluding carboxylic acids is 1. The highest BCUT2D eigenvalue weighted by Gasteiger charge is 2.49. The van der Waals surface area contributed by atoms with Gasteiger partial charge in [-0.05, 0) is 12.8 Å². The molecule has 0 aliphatic heterocycles. The van der Waals surface area contributed by atoms with E-state index in [0.717, 1.165) is 0 Å². The van der Waals surface area contributed by atoms with Gasteiger partial charge >= 0.3 is 12.1 Å². The molecular weight excluding hydrogens is 248 g/mol. The first-order chi connectivity index (χ1) is 8.31. The van der Waals surface area contributed by atoms with Gasteiger partial charge in [0.2, 0.25) is 5.92 Å². The highest BCUT2D eigenvalue weighted by atomic mass is 19.3. The Balaban J connectivity index is 2.68. The van der Waals surface area contributed by atoms with Gasteiger partial charge in [-0.15, -0.1) is 0 Å². The zero-order chi connectivity index (χ0) is 13.8. The molecule has 0 aromatic carbocycles. The van der Waals surface area contributed by atoms with Crippen molar-refractivity contribution in [2.45, 2.75) is 37.1 Å². The van der Waals surface area contributed by atoms with Gasteiger partial charge in [-0.1, -0.05) is 12.7 Å². The van der Waals surface area contributed by atoms with Crippen molar-refractivity contribution in [3.8, 4) is 0 Å². The SMILES string of the molecule is C=CCOC(=O)NC1(C(=O)O)CCC(F)(F)CC1. The monoisotopic (exact) mass is 263 g/mol. The third kappa shape index (κ3) is 3.41. The Morgan fingerprint density at radius 1 is 1.33 bits per heavy atom. The van der Waals surface area contributed by atoms with Crippen molar-refractivity contribution in [2.24, 2.45) is 0 Å². The summed E-state index contributed by atoms with van der Waals surface area (Å²) in [4.78, 5) is 22.5. The molecule has 0 spiro atoms. The molecule has 0 bridgehead atoms. The number of rotatable bonds is 4. The Morgan fingerprint density at radius 3 is 2.33 bits per heavy atom. The van der Waals surface area contributed by atoms with E-state index >= 15 is 0 Å². The third-order valence-electron chi connectivity index (χ3n) is 2.92. The van der Waals surface area contributed by atoms with E-state index in [4.69, 9.17) is 5.11 Å². The number of alkyl halides is 2. The van der Waals surface area contributed by atoms with Crippen LogP contribution in [0.1, 0.15) is 25.7 Å². The molecule has 0 aromatic rings. The van der Waals surface area contributed by atoms with Crippen molar-refractivity contribution in [3.63, 3.8) is 0 Å². The van der Waals surface area contributed by atoms with E-state index in [1.807, 2.05) is 0 Å². The van der Waals surface area contributed by atoms with Crippen LogP contribution >= 0.6 is 0 Å². The van der Waals surface area contributed by atoms with Crippen molar-refractivity contribution in [3.05, 3.63) is 12.7 Å². The zero-order valence-corrected chi connectivity index (χ0v) is 9.75. The maximum atomic E-state index is 13.0. The maximum absolute atomic E-state index is 13.0. The number of carbonyl (C=O) groups is 2. The summed E-state index contributed by atoms with van der Waals surface area (Å²) in [7, 11) is 0. The van der Waals surface area contributed by atoms with Crippen molar-refractivity contribution < 1.29 is 28.2 Å². The van der Waals surface area contributed by atoms with Gasteiger partial charge in [-0.2, -0.15) is 0 Å². The van der Waals surface area contributed by atoms with E-state index in [1.165, 1.54) is 6.08 Å². The summed E-state index contributed by atoms with van der Waals surface area (Å²) in [6, 6.07) is 0. The molecule has 1 fully saturated rings. The molecule has 1 rings (SSSR count). The molecule has 18 heavy (non-hydrogen) atoms. The third-order valence-corrected chi connectivity index (χ3v) is 2.92. The number of alkyl carbamates (subject to hydrolysis) is 1. The summed E-state index contributed by atoms with van der Waals surface area (Å²) in [5.41, 5.74) is -1.67. The van der Waals surface area contributed by atoms with Gasteiger partial charge in [-0.25, -0.2) is 18.4 Å². The number of nitrogens with one attached hydrogen (secondary N) is 1. The minimum atomic E-state index is -2.87. The Hall–Kier alpha value is -1.66. The molecule has 1 saturated carbocycles. The number of aliphatic carboxylic acids is 1. The Labute approximate surface area is 103 Å². The molecule has 1 aliphatic carbocycles. The molecule has 1 aliphatic rings. The van der Waals surface area contributed by atoms with Gasteiger partial charge in [0.1, 0.15) is 12.1 Å². The van der Waals surface area contributed by atoms with Crippen LogP contribution in [0.2, 0.25) is 0 Å². The standard InChI is InChI=1S/C11H15F2NO4/c1-2-7-18-9(17)14-10(8(15)16)3-5-11(12,13)6-4-10/h2H,1,3-7H2,(H,14,17)(H,15,16). The molecule has 0 saturated heterocycles. The van der Waals surface area contributed by atoms with E-state index in [9.17, 15) is 18.4 Å². The van der Waals surface area contributed by atoms with Crippen LogP contribution in [0.3, 0.4) is 0 Å². The average Bonchev–Trinajstić information content (AvgIpc) is 2.29. The van der Waals surface area contributed by atoms with E-state index in [1.54, 1.807) is 0 Å². The lowest BCUT2D eigenvalue weighted by Gasteiger charge is -2.36. The molecule has 5 nitrogen and oxygen atoms in total. The minimum absolute atomic E-state index is 0.0717. The van der Waals surface area contributed by atoms with Crippen LogP contribution in [0.25, 0.3) is 0 Å². The predicted octanol–water partition coefficient (Wildman–Crippen LogP) is 1.93. The molecule has 1 amide bonds. The molecule has 0 unspecified atom stereocenters. The predicted molar refractivity (Wildman–Crippen MR) is 58.5 cm³/mol. The van der Waals surface area contributed by atoms with E-state index < -0.39 is 36.4 Å². The summed E-state index contributed by atoms with van der Waals surface area (Å²) in [5, 5.41) is 11.3. The van der Waals surface area contributed by atoms with Crippen LogP contribution in [0.5, 0.6) is 0 Å². The Kier molecular flexibility index (Phi) is 4.26. The number of hydrogen-bond donors (Lipinski definition) is 2. The molecule has 102 valence electrons. The van der Waals surface area contributed by atoms with Crippen molar-refractivity contribution in [1.29, 1.82) is 0 Å². The smallest absolute Gasteiger partial charge is 0.408 e. The molecule has 0 atom stereocenters. The molecule has 2 N–H and O–H groups in total. The van der Waals surface area contributed by atoms with Gasteiger partial charge in [0.15, 0.2) is 0 Å². The second-order valence-electron chi connectivity index (χ2n) is 4.26. The second-order valence-corrected chi connectivity index (χ2v) is 4.26. The Morgan fingerprint density at radius 2 is 1.89 bits per heavy atom. The maximum Gasteiger partial charge on any atom is 0.408 e. The van der Waals surface area contributed by atoms with E-state index in [-0.39, 0.29) is 19.4 Å². The first-order valence-electron chi connectivity index (χ1n) is 5.48. The molecular formula is C11H15F2NO4. The van der Waals surface area contributed by atoms with Gasteiger partial charge in [0, 0.05) is 12.8 Å². The molecule has 7 heteroatoms. The lowest BCUT2D eigenvalue weighted by molar-refractivity contribution is -0.150. The fraction of sp³-hybridized carbons (Fsp3) is 0.636. The largest absolute Gasteiger partial charge is 0.480 e. The summed E-state index contributed by atoms with van der Waals surface area (Å²) >= 11 is 0. The van der Waals surface area contributed by atoms with Crippen LogP contribution in [0.15, 0.2) is 12.7 Å².